The maximum absolute atomic E-state index is 4.58. The van der Waals surface area contributed by atoms with Crippen molar-refractivity contribution < 1.29 is 0 Å². The van der Waals surface area contributed by atoms with E-state index in [1.165, 1.54) is 15.8 Å². The molecule has 1 N–H and O–H groups in total. The molecule has 0 aliphatic rings. The van der Waals surface area contributed by atoms with Crippen LogP contribution in [0.25, 0.3) is 10.9 Å². The van der Waals surface area contributed by atoms with Crippen LogP contribution < -0.4 is 5.32 Å². The highest BCUT2D eigenvalue weighted by Crippen LogP contribution is 2.27. The van der Waals surface area contributed by atoms with Gasteiger partial charge in [0, 0.05) is 16.5 Å². The normalized spacial score (nSPS) is 12.7. The van der Waals surface area contributed by atoms with E-state index in [0.717, 1.165) is 18.5 Å². The Morgan fingerprint density at radius 1 is 1.20 bits per heavy atom. The van der Waals surface area contributed by atoms with E-state index in [9.17, 15) is 0 Å². The van der Waals surface area contributed by atoms with Crippen LogP contribution >= 0.6 is 11.3 Å². The van der Waals surface area contributed by atoms with Crippen LogP contribution in [0, 0.1) is 0 Å². The first-order valence-corrected chi connectivity index (χ1v) is 7.88. The number of hydrogen-bond donors (Lipinski definition) is 1. The smallest absolute Gasteiger partial charge is 0.0702 e. The van der Waals surface area contributed by atoms with E-state index in [1.54, 1.807) is 11.3 Å². The van der Waals surface area contributed by atoms with E-state index < -0.39 is 0 Å². The van der Waals surface area contributed by atoms with Gasteiger partial charge in [-0.3, -0.25) is 4.98 Å². The van der Waals surface area contributed by atoms with E-state index in [-0.39, 0.29) is 6.04 Å². The van der Waals surface area contributed by atoms with Gasteiger partial charge in [0.15, 0.2) is 0 Å². The van der Waals surface area contributed by atoms with Gasteiger partial charge in [-0.2, -0.15) is 0 Å². The van der Waals surface area contributed by atoms with Crippen LogP contribution in [0.3, 0.4) is 0 Å². The molecule has 1 unspecified atom stereocenters. The van der Waals surface area contributed by atoms with E-state index in [4.69, 9.17) is 0 Å². The molecular formula is C17H18N2S. The molecule has 0 saturated carbocycles. The summed E-state index contributed by atoms with van der Waals surface area (Å²) < 4.78 is 0. The molecule has 0 bridgehead atoms. The Labute approximate surface area is 123 Å². The lowest BCUT2D eigenvalue weighted by Crippen LogP contribution is -2.22. The third kappa shape index (κ3) is 2.74. The van der Waals surface area contributed by atoms with Gasteiger partial charge >= 0.3 is 0 Å². The number of nitrogens with zero attached hydrogens (tertiary/aromatic N) is 1. The Kier molecular flexibility index (Phi) is 4.09. The molecule has 0 aliphatic heterocycles. The number of hydrogen-bond acceptors (Lipinski definition) is 3. The number of rotatable bonds is 5. The minimum atomic E-state index is 0.243. The van der Waals surface area contributed by atoms with E-state index in [0.29, 0.717) is 0 Å². The first-order chi connectivity index (χ1) is 9.88. The molecule has 1 aromatic carbocycles. The molecule has 0 amide bonds. The average molecular weight is 282 g/mol. The molecule has 0 spiro atoms. The molecular weight excluding hydrogens is 264 g/mol. The first-order valence-electron chi connectivity index (χ1n) is 7.00. The third-order valence-electron chi connectivity index (χ3n) is 3.37. The summed E-state index contributed by atoms with van der Waals surface area (Å²) in [6.07, 6.45) is 3.12. The van der Waals surface area contributed by atoms with Crippen molar-refractivity contribution in [2.24, 2.45) is 0 Å². The Hall–Kier alpha value is -1.71. The second-order valence-corrected chi connectivity index (χ2v) is 5.84. The van der Waals surface area contributed by atoms with E-state index in [2.05, 4.69) is 59.0 Å². The van der Waals surface area contributed by atoms with Crippen LogP contribution in [-0.4, -0.2) is 11.5 Å². The molecule has 0 fully saturated rings. The molecule has 0 saturated heterocycles. The van der Waals surface area contributed by atoms with Gasteiger partial charge in [-0.1, -0.05) is 31.2 Å². The van der Waals surface area contributed by atoms with Gasteiger partial charge in [0.2, 0.25) is 0 Å². The molecule has 0 aliphatic carbocycles. The van der Waals surface area contributed by atoms with Crippen molar-refractivity contribution in [2.75, 3.05) is 6.54 Å². The lowest BCUT2D eigenvalue weighted by molar-refractivity contribution is 0.605. The Morgan fingerprint density at radius 3 is 2.90 bits per heavy atom. The summed E-state index contributed by atoms with van der Waals surface area (Å²) in [5.41, 5.74) is 2.29. The zero-order valence-corrected chi connectivity index (χ0v) is 12.4. The van der Waals surface area contributed by atoms with Crippen molar-refractivity contribution in [3.63, 3.8) is 0 Å². The molecule has 2 nitrogen and oxygen atoms in total. The topological polar surface area (TPSA) is 24.9 Å². The zero-order chi connectivity index (χ0) is 13.8. The van der Waals surface area contributed by atoms with E-state index in [1.807, 2.05) is 12.3 Å². The highest BCUT2D eigenvalue weighted by Gasteiger charge is 2.15. The summed E-state index contributed by atoms with van der Waals surface area (Å²) in [6, 6.07) is 15.1. The van der Waals surface area contributed by atoms with Gasteiger partial charge in [0.05, 0.1) is 11.6 Å². The summed E-state index contributed by atoms with van der Waals surface area (Å²) in [7, 11) is 0. The third-order valence-corrected chi connectivity index (χ3v) is 4.31. The predicted molar refractivity (Wildman–Crippen MR) is 86.2 cm³/mol. The molecule has 1 atom stereocenters. The van der Waals surface area contributed by atoms with Crippen molar-refractivity contribution in [3.8, 4) is 0 Å². The molecule has 3 heteroatoms. The van der Waals surface area contributed by atoms with Crippen LogP contribution in [-0.2, 0) is 0 Å². The van der Waals surface area contributed by atoms with Crippen LogP contribution in [0.4, 0.5) is 0 Å². The first kappa shape index (κ1) is 13.3. The van der Waals surface area contributed by atoms with Crippen molar-refractivity contribution in [1.82, 2.24) is 10.3 Å². The fourth-order valence-electron chi connectivity index (χ4n) is 2.37. The van der Waals surface area contributed by atoms with Crippen LogP contribution in [0.15, 0.2) is 54.0 Å². The van der Waals surface area contributed by atoms with E-state index >= 15 is 0 Å². The quantitative estimate of drug-likeness (QED) is 0.751. The fraction of sp³-hybridized carbons (Fsp3) is 0.235. The van der Waals surface area contributed by atoms with Gasteiger partial charge < -0.3 is 5.32 Å². The standard InChI is InChI=1S/C17H18N2S/c1-2-9-18-17(16-8-5-10-20-16)14-11-13-6-3-4-7-15(13)19-12-14/h3-8,10-12,17-18H,2,9H2,1H3. The van der Waals surface area contributed by atoms with Gasteiger partial charge in [-0.05, 0) is 42.1 Å². The van der Waals surface area contributed by atoms with Crippen molar-refractivity contribution in [3.05, 3.63) is 64.5 Å². The lowest BCUT2D eigenvalue weighted by atomic mass is 10.0. The number of benzene rings is 1. The Bertz CT molecular complexity index is 676. The monoisotopic (exact) mass is 282 g/mol. The van der Waals surface area contributed by atoms with Gasteiger partial charge in [0.1, 0.15) is 0 Å². The number of nitrogens with one attached hydrogen (secondary N) is 1. The summed E-state index contributed by atoms with van der Waals surface area (Å²) >= 11 is 1.79. The maximum atomic E-state index is 4.58. The minimum Gasteiger partial charge on any atom is -0.306 e. The summed E-state index contributed by atoms with van der Waals surface area (Å²) in [5.74, 6) is 0. The molecule has 3 rings (SSSR count). The van der Waals surface area contributed by atoms with Crippen LogP contribution in [0.1, 0.15) is 29.8 Å². The SMILES string of the molecule is CCCNC(c1cnc2ccccc2c1)c1cccs1. The summed E-state index contributed by atoms with van der Waals surface area (Å²) in [6.45, 7) is 3.20. The second-order valence-electron chi connectivity index (χ2n) is 4.86. The lowest BCUT2D eigenvalue weighted by Gasteiger charge is -2.17. The Morgan fingerprint density at radius 2 is 2.10 bits per heavy atom. The molecule has 3 aromatic rings. The van der Waals surface area contributed by atoms with Crippen LogP contribution in [0.5, 0.6) is 0 Å². The zero-order valence-electron chi connectivity index (χ0n) is 11.5. The molecule has 2 heterocycles. The van der Waals surface area contributed by atoms with Crippen molar-refractivity contribution >= 4 is 22.2 Å². The molecule has 102 valence electrons. The van der Waals surface area contributed by atoms with Crippen molar-refractivity contribution in [2.45, 2.75) is 19.4 Å². The average Bonchev–Trinajstić information content (AvgIpc) is 3.02. The fourth-order valence-corrected chi connectivity index (χ4v) is 3.20. The van der Waals surface area contributed by atoms with Gasteiger partial charge in [0.25, 0.3) is 0 Å². The minimum absolute atomic E-state index is 0.243. The maximum Gasteiger partial charge on any atom is 0.0702 e. The van der Waals surface area contributed by atoms with Gasteiger partial charge in [-0.25, -0.2) is 0 Å². The molecule has 20 heavy (non-hydrogen) atoms. The molecule has 0 radical (unpaired) electrons. The number of para-hydroxylation sites is 1. The number of pyridine rings is 1. The largest absolute Gasteiger partial charge is 0.306 e. The number of thiophene rings is 1. The Balaban J connectivity index is 1.99. The van der Waals surface area contributed by atoms with Gasteiger partial charge in [-0.15, -0.1) is 11.3 Å². The summed E-state index contributed by atoms with van der Waals surface area (Å²) in [4.78, 5) is 5.93. The summed E-state index contributed by atoms with van der Waals surface area (Å²) in [5, 5.41) is 6.95. The number of aromatic nitrogens is 1. The highest BCUT2D eigenvalue weighted by molar-refractivity contribution is 7.10. The predicted octanol–water partition coefficient (Wildman–Crippen LogP) is 4.39. The van der Waals surface area contributed by atoms with Crippen molar-refractivity contribution in [1.29, 1.82) is 0 Å². The second kappa shape index (κ2) is 6.16. The molecule has 2 aromatic heterocycles. The highest BCUT2D eigenvalue weighted by atomic mass is 32.1. The van der Waals surface area contributed by atoms with Crippen LogP contribution in [0.2, 0.25) is 0 Å². The number of fused-ring (bicyclic) bond motifs is 1.